The van der Waals surface area contributed by atoms with Crippen LogP contribution in [-0.4, -0.2) is 25.9 Å². The van der Waals surface area contributed by atoms with Crippen LogP contribution in [0.5, 0.6) is 17.2 Å². The van der Waals surface area contributed by atoms with E-state index in [1.165, 1.54) is 0 Å². The molecule has 1 fully saturated rings. The van der Waals surface area contributed by atoms with Crippen molar-refractivity contribution >= 4 is 28.6 Å². The first kappa shape index (κ1) is 18.9. The van der Waals surface area contributed by atoms with Crippen LogP contribution in [0.2, 0.25) is 5.02 Å². The largest absolute Gasteiger partial charge is 0.493 e. The summed E-state index contributed by atoms with van der Waals surface area (Å²) in [5, 5.41) is 2.77. The fourth-order valence-electron chi connectivity index (χ4n) is 3.17. The molecule has 2 aromatic carbocycles. The molecule has 1 heterocycles. The fraction of sp³-hybridized carbons (Fsp3) is 0.286. The maximum atomic E-state index is 6.31. The lowest BCUT2D eigenvalue weighted by atomic mass is 10.1. The molecule has 0 unspecified atom stereocenters. The van der Waals surface area contributed by atoms with Crippen molar-refractivity contribution in [1.82, 2.24) is 4.57 Å². The highest BCUT2D eigenvalue weighted by molar-refractivity contribution is 7.07. The predicted octanol–water partition coefficient (Wildman–Crippen LogP) is 5.46. The first-order valence-corrected chi connectivity index (χ1v) is 10.2. The van der Waals surface area contributed by atoms with Crippen LogP contribution in [0.4, 0.5) is 5.69 Å². The van der Waals surface area contributed by atoms with Gasteiger partial charge < -0.3 is 18.8 Å². The SMILES string of the molecule is COc1cc(-c2csc(=Nc3ccccc3Cl)n2C2CC2)cc(OC)c1OC. The lowest BCUT2D eigenvalue weighted by molar-refractivity contribution is 0.324. The first-order valence-electron chi connectivity index (χ1n) is 8.96. The molecule has 0 amide bonds. The standard InChI is InChI=1S/C21H21ClN2O3S/c1-25-18-10-13(11-19(26-2)20(18)27-3)17-12-28-21(24(17)14-8-9-14)23-16-7-5-4-6-15(16)22/h4-7,10-12,14H,8-9H2,1-3H3. The third-order valence-corrected chi connectivity index (χ3v) is 5.84. The van der Waals surface area contributed by atoms with E-state index in [4.69, 9.17) is 30.8 Å². The molecule has 1 aliphatic carbocycles. The quantitative estimate of drug-likeness (QED) is 0.535. The maximum Gasteiger partial charge on any atom is 0.203 e. The molecule has 5 nitrogen and oxygen atoms in total. The van der Waals surface area contributed by atoms with E-state index in [1.54, 1.807) is 32.7 Å². The highest BCUT2D eigenvalue weighted by Gasteiger charge is 2.28. The predicted molar refractivity (Wildman–Crippen MR) is 112 cm³/mol. The summed E-state index contributed by atoms with van der Waals surface area (Å²) in [5.74, 6) is 1.85. The molecular formula is C21H21ClN2O3S. The normalized spacial score (nSPS) is 14.2. The van der Waals surface area contributed by atoms with Gasteiger partial charge in [0, 0.05) is 17.0 Å². The van der Waals surface area contributed by atoms with E-state index in [2.05, 4.69) is 9.95 Å². The third kappa shape index (κ3) is 3.50. The van der Waals surface area contributed by atoms with Crippen molar-refractivity contribution in [1.29, 1.82) is 0 Å². The lowest BCUT2D eigenvalue weighted by Gasteiger charge is -2.15. The van der Waals surface area contributed by atoms with Crippen LogP contribution in [0.15, 0.2) is 46.8 Å². The van der Waals surface area contributed by atoms with Crippen molar-refractivity contribution in [3.05, 3.63) is 51.6 Å². The molecule has 0 saturated heterocycles. The lowest BCUT2D eigenvalue weighted by Crippen LogP contribution is -2.14. The minimum atomic E-state index is 0.446. The van der Waals surface area contributed by atoms with Crippen molar-refractivity contribution < 1.29 is 14.2 Å². The summed E-state index contributed by atoms with van der Waals surface area (Å²) in [6.07, 6.45) is 2.29. The Labute approximate surface area is 172 Å². The Morgan fingerprint density at radius 2 is 1.71 bits per heavy atom. The van der Waals surface area contributed by atoms with Crippen molar-refractivity contribution in [2.24, 2.45) is 4.99 Å². The Kier molecular flexibility index (Phi) is 5.33. The second-order valence-electron chi connectivity index (χ2n) is 6.48. The van der Waals surface area contributed by atoms with Crippen LogP contribution in [0, 0.1) is 0 Å². The Morgan fingerprint density at radius 3 is 2.29 bits per heavy atom. The summed E-state index contributed by atoms with van der Waals surface area (Å²) in [4.78, 5) is 5.76. The Bertz CT molecular complexity index is 1040. The van der Waals surface area contributed by atoms with Crippen LogP contribution in [0.25, 0.3) is 11.3 Å². The average molecular weight is 417 g/mol. The molecule has 0 N–H and O–H groups in total. The van der Waals surface area contributed by atoms with Gasteiger partial charge in [0.05, 0.1) is 37.7 Å². The van der Waals surface area contributed by atoms with E-state index in [-0.39, 0.29) is 0 Å². The third-order valence-electron chi connectivity index (χ3n) is 4.68. The van der Waals surface area contributed by atoms with Gasteiger partial charge in [-0.25, -0.2) is 4.99 Å². The van der Waals surface area contributed by atoms with Gasteiger partial charge in [-0.1, -0.05) is 23.7 Å². The number of hydrogen-bond donors (Lipinski definition) is 0. The van der Waals surface area contributed by atoms with Gasteiger partial charge in [0.1, 0.15) is 0 Å². The van der Waals surface area contributed by atoms with Gasteiger partial charge in [-0.05, 0) is 37.1 Å². The van der Waals surface area contributed by atoms with Crippen LogP contribution >= 0.6 is 22.9 Å². The number of thiazole rings is 1. The van der Waals surface area contributed by atoms with Crippen molar-refractivity contribution in [2.75, 3.05) is 21.3 Å². The van der Waals surface area contributed by atoms with Crippen molar-refractivity contribution in [3.63, 3.8) is 0 Å². The highest BCUT2D eigenvalue weighted by atomic mass is 35.5. The van der Waals surface area contributed by atoms with E-state index < -0.39 is 0 Å². The van der Waals surface area contributed by atoms with Crippen molar-refractivity contribution in [2.45, 2.75) is 18.9 Å². The number of nitrogens with zero attached hydrogens (tertiary/aromatic N) is 2. The molecule has 7 heteroatoms. The van der Waals surface area contributed by atoms with E-state index in [0.717, 1.165) is 34.6 Å². The number of benzene rings is 2. The Morgan fingerprint density at radius 1 is 1.04 bits per heavy atom. The summed E-state index contributed by atoms with van der Waals surface area (Å²) < 4.78 is 18.8. The van der Waals surface area contributed by atoms with E-state index in [0.29, 0.717) is 28.3 Å². The molecule has 0 radical (unpaired) electrons. The number of para-hydroxylation sites is 1. The minimum absolute atomic E-state index is 0.446. The average Bonchev–Trinajstić information content (AvgIpc) is 3.48. The molecule has 1 aromatic heterocycles. The summed E-state index contributed by atoms with van der Waals surface area (Å²) in [6, 6.07) is 12.0. The smallest absolute Gasteiger partial charge is 0.203 e. The van der Waals surface area contributed by atoms with Gasteiger partial charge in [0.15, 0.2) is 16.3 Å². The summed E-state index contributed by atoms with van der Waals surface area (Å²) in [5.41, 5.74) is 2.85. The maximum absolute atomic E-state index is 6.31. The zero-order valence-electron chi connectivity index (χ0n) is 15.9. The molecule has 0 bridgehead atoms. The Balaban J connectivity index is 1.89. The van der Waals surface area contributed by atoms with Crippen LogP contribution in [0.3, 0.4) is 0 Å². The van der Waals surface area contributed by atoms with Gasteiger partial charge in [0.2, 0.25) is 5.75 Å². The molecule has 0 aliphatic heterocycles. The van der Waals surface area contributed by atoms with Crippen LogP contribution in [-0.2, 0) is 0 Å². The molecule has 1 aliphatic rings. The molecule has 4 rings (SSSR count). The van der Waals surface area contributed by atoms with Gasteiger partial charge in [-0.3, -0.25) is 0 Å². The molecule has 0 atom stereocenters. The molecule has 1 saturated carbocycles. The fourth-order valence-corrected chi connectivity index (χ4v) is 4.33. The Hall–Kier alpha value is -2.44. The molecular weight excluding hydrogens is 396 g/mol. The topological polar surface area (TPSA) is 45.0 Å². The van der Waals surface area contributed by atoms with Gasteiger partial charge in [0.25, 0.3) is 0 Å². The number of rotatable bonds is 6. The van der Waals surface area contributed by atoms with Crippen LogP contribution in [0.1, 0.15) is 18.9 Å². The van der Waals surface area contributed by atoms with Gasteiger partial charge in [-0.2, -0.15) is 0 Å². The van der Waals surface area contributed by atoms with Crippen molar-refractivity contribution in [3.8, 4) is 28.5 Å². The molecule has 3 aromatic rings. The number of hydrogen-bond acceptors (Lipinski definition) is 5. The number of halogens is 1. The highest BCUT2D eigenvalue weighted by Crippen LogP contribution is 2.43. The van der Waals surface area contributed by atoms with Gasteiger partial charge >= 0.3 is 0 Å². The molecule has 28 heavy (non-hydrogen) atoms. The summed E-state index contributed by atoms with van der Waals surface area (Å²) >= 11 is 7.92. The van der Waals surface area contributed by atoms with Crippen LogP contribution < -0.4 is 19.0 Å². The molecule has 0 spiro atoms. The zero-order valence-corrected chi connectivity index (χ0v) is 17.5. The number of aromatic nitrogens is 1. The van der Waals surface area contributed by atoms with Gasteiger partial charge in [-0.15, -0.1) is 11.3 Å². The molecule has 146 valence electrons. The van der Waals surface area contributed by atoms with E-state index in [9.17, 15) is 0 Å². The number of methoxy groups -OCH3 is 3. The van der Waals surface area contributed by atoms with E-state index >= 15 is 0 Å². The van der Waals surface area contributed by atoms with E-state index in [1.807, 2.05) is 36.4 Å². The number of ether oxygens (including phenoxy) is 3. The summed E-state index contributed by atoms with van der Waals surface area (Å²) in [7, 11) is 4.86. The summed E-state index contributed by atoms with van der Waals surface area (Å²) in [6.45, 7) is 0. The monoisotopic (exact) mass is 416 g/mol. The first-order chi connectivity index (χ1) is 13.7. The zero-order chi connectivity index (χ0) is 19.7. The second kappa shape index (κ2) is 7.89. The minimum Gasteiger partial charge on any atom is -0.493 e. The second-order valence-corrected chi connectivity index (χ2v) is 7.73.